The summed E-state index contributed by atoms with van der Waals surface area (Å²) >= 11 is 0. The zero-order valence-corrected chi connectivity index (χ0v) is 8.87. The maximum absolute atomic E-state index is 3.54. The molecule has 0 amide bonds. The van der Waals surface area contributed by atoms with Crippen LogP contribution in [-0.2, 0) is 0 Å². The molecule has 2 atom stereocenters. The van der Waals surface area contributed by atoms with Gasteiger partial charge in [0.1, 0.15) is 0 Å². The molecule has 1 fully saturated rings. The fraction of sp³-hybridized carbons (Fsp3) is 0.538. The largest absolute Gasteiger partial charge is 0.314 e. The molecule has 0 heterocycles. The van der Waals surface area contributed by atoms with Crippen molar-refractivity contribution < 1.29 is 0 Å². The number of rotatable bonds is 3. The minimum atomic E-state index is 0.755. The van der Waals surface area contributed by atoms with Gasteiger partial charge in [-0.25, -0.2) is 0 Å². The summed E-state index contributed by atoms with van der Waals surface area (Å²) in [6.07, 6.45) is 4.01. The van der Waals surface area contributed by atoms with E-state index in [0.717, 1.165) is 18.5 Å². The molecule has 0 aromatic heterocycles. The van der Waals surface area contributed by atoms with Crippen LogP contribution in [0.1, 0.15) is 37.7 Å². The van der Waals surface area contributed by atoms with Gasteiger partial charge < -0.3 is 5.32 Å². The van der Waals surface area contributed by atoms with Gasteiger partial charge in [-0.2, -0.15) is 0 Å². The van der Waals surface area contributed by atoms with Crippen LogP contribution in [0.5, 0.6) is 0 Å². The van der Waals surface area contributed by atoms with E-state index in [2.05, 4.69) is 42.6 Å². The van der Waals surface area contributed by atoms with E-state index in [1.165, 1.54) is 24.8 Å². The Morgan fingerprint density at radius 2 is 2.00 bits per heavy atom. The molecule has 1 N–H and O–H groups in total. The Kier molecular flexibility index (Phi) is 3.20. The van der Waals surface area contributed by atoms with E-state index < -0.39 is 0 Å². The van der Waals surface area contributed by atoms with E-state index in [1.54, 1.807) is 0 Å². The first kappa shape index (κ1) is 9.72. The fourth-order valence-corrected chi connectivity index (χ4v) is 2.48. The highest BCUT2D eigenvalue weighted by molar-refractivity contribution is 5.20. The standard InChI is InChI=1S/C13H19N/c1-2-14-13-9-8-12(10-13)11-6-4-3-5-7-11/h3-7,12-14H,2,8-10H2,1H3. The van der Waals surface area contributed by atoms with Crippen LogP contribution in [0, 0.1) is 0 Å². The van der Waals surface area contributed by atoms with Gasteiger partial charge >= 0.3 is 0 Å². The average Bonchev–Trinajstić information content (AvgIpc) is 2.68. The molecule has 1 heteroatoms. The molecule has 1 nitrogen and oxygen atoms in total. The van der Waals surface area contributed by atoms with Crippen LogP contribution in [0.25, 0.3) is 0 Å². The maximum Gasteiger partial charge on any atom is 0.00729 e. The lowest BCUT2D eigenvalue weighted by Crippen LogP contribution is -2.25. The summed E-state index contributed by atoms with van der Waals surface area (Å²) in [7, 11) is 0. The molecular formula is C13H19N. The molecule has 2 unspecified atom stereocenters. The lowest BCUT2D eigenvalue weighted by Gasteiger charge is -2.12. The normalized spacial score (nSPS) is 26.6. The van der Waals surface area contributed by atoms with Crippen LogP contribution in [0.4, 0.5) is 0 Å². The molecule has 1 aliphatic carbocycles. The quantitative estimate of drug-likeness (QED) is 0.771. The second kappa shape index (κ2) is 4.61. The summed E-state index contributed by atoms with van der Waals surface area (Å²) < 4.78 is 0. The first-order valence-electron chi connectivity index (χ1n) is 5.68. The molecule has 2 rings (SSSR count). The predicted molar refractivity (Wildman–Crippen MR) is 60.5 cm³/mol. The molecule has 1 aliphatic rings. The van der Waals surface area contributed by atoms with Crippen molar-refractivity contribution in [2.45, 2.75) is 38.1 Å². The third kappa shape index (κ3) is 2.16. The number of hydrogen-bond acceptors (Lipinski definition) is 1. The third-order valence-corrected chi connectivity index (χ3v) is 3.20. The smallest absolute Gasteiger partial charge is 0.00729 e. The molecule has 1 saturated carbocycles. The summed E-state index contributed by atoms with van der Waals surface area (Å²) in [5, 5.41) is 3.54. The molecule has 1 aromatic carbocycles. The van der Waals surface area contributed by atoms with Crippen LogP contribution in [0.15, 0.2) is 30.3 Å². The molecule has 0 spiro atoms. The minimum absolute atomic E-state index is 0.755. The second-order valence-electron chi connectivity index (χ2n) is 4.18. The van der Waals surface area contributed by atoms with E-state index in [0.29, 0.717) is 0 Å². The summed E-state index contributed by atoms with van der Waals surface area (Å²) in [6.45, 7) is 3.29. The summed E-state index contributed by atoms with van der Waals surface area (Å²) in [5.74, 6) is 0.792. The lowest BCUT2D eigenvalue weighted by molar-refractivity contribution is 0.535. The number of nitrogens with one attached hydrogen (secondary N) is 1. The molecule has 0 bridgehead atoms. The number of hydrogen-bond donors (Lipinski definition) is 1. The monoisotopic (exact) mass is 189 g/mol. The van der Waals surface area contributed by atoms with E-state index >= 15 is 0 Å². The molecule has 76 valence electrons. The van der Waals surface area contributed by atoms with Gasteiger partial charge in [-0.05, 0) is 37.3 Å². The highest BCUT2D eigenvalue weighted by Crippen LogP contribution is 2.34. The van der Waals surface area contributed by atoms with Crippen LogP contribution < -0.4 is 5.32 Å². The fourth-order valence-electron chi connectivity index (χ4n) is 2.48. The Labute approximate surface area is 86.5 Å². The average molecular weight is 189 g/mol. The van der Waals surface area contributed by atoms with Crippen molar-refractivity contribution in [2.75, 3.05) is 6.54 Å². The second-order valence-corrected chi connectivity index (χ2v) is 4.18. The summed E-state index contributed by atoms with van der Waals surface area (Å²) in [4.78, 5) is 0. The molecule has 14 heavy (non-hydrogen) atoms. The van der Waals surface area contributed by atoms with Gasteiger partial charge in [-0.15, -0.1) is 0 Å². The van der Waals surface area contributed by atoms with Crippen LogP contribution in [-0.4, -0.2) is 12.6 Å². The molecule has 0 aliphatic heterocycles. The highest BCUT2D eigenvalue weighted by atomic mass is 14.9. The van der Waals surface area contributed by atoms with Gasteiger partial charge in [0.2, 0.25) is 0 Å². The Balaban J connectivity index is 1.96. The Morgan fingerprint density at radius 3 is 2.71 bits per heavy atom. The Hall–Kier alpha value is -0.820. The van der Waals surface area contributed by atoms with Gasteiger partial charge in [0.05, 0.1) is 0 Å². The van der Waals surface area contributed by atoms with Crippen molar-refractivity contribution in [2.24, 2.45) is 0 Å². The van der Waals surface area contributed by atoms with Crippen LogP contribution in [0.2, 0.25) is 0 Å². The maximum atomic E-state index is 3.54. The Morgan fingerprint density at radius 1 is 1.21 bits per heavy atom. The van der Waals surface area contributed by atoms with E-state index in [9.17, 15) is 0 Å². The molecule has 0 radical (unpaired) electrons. The minimum Gasteiger partial charge on any atom is -0.314 e. The first-order valence-corrected chi connectivity index (χ1v) is 5.68. The van der Waals surface area contributed by atoms with Gasteiger partial charge in [-0.3, -0.25) is 0 Å². The van der Waals surface area contributed by atoms with Gasteiger partial charge in [-0.1, -0.05) is 37.3 Å². The van der Waals surface area contributed by atoms with Crippen molar-refractivity contribution in [1.82, 2.24) is 5.32 Å². The zero-order chi connectivity index (χ0) is 9.80. The van der Waals surface area contributed by atoms with Crippen molar-refractivity contribution >= 4 is 0 Å². The molecule has 1 aromatic rings. The van der Waals surface area contributed by atoms with Crippen LogP contribution in [0.3, 0.4) is 0 Å². The summed E-state index contributed by atoms with van der Waals surface area (Å²) in [5.41, 5.74) is 1.52. The van der Waals surface area contributed by atoms with E-state index in [-0.39, 0.29) is 0 Å². The first-order chi connectivity index (χ1) is 6.90. The lowest BCUT2D eigenvalue weighted by atomic mass is 9.98. The van der Waals surface area contributed by atoms with Crippen molar-refractivity contribution in [3.63, 3.8) is 0 Å². The SMILES string of the molecule is CCNC1CCC(c2ccccc2)C1. The summed E-state index contributed by atoms with van der Waals surface area (Å²) in [6, 6.07) is 11.7. The zero-order valence-electron chi connectivity index (χ0n) is 8.87. The van der Waals surface area contributed by atoms with E-state index in [1.807, 2.05) is 0 Å². The predicted octanol–water partition coefficient (Wildman–Crippen LogP) is 2.93. The van der Waals surface area contributed by atoms with E-state index in [4.69, 9.17) is 0 Å². The highest BCUT2D eigenvalue weighted by Gasteiger charge is 2.24. The molecule has 0 saturated heterocycles. The third-order valence-electron chi connectivity index (χ3n) is 3.20. The van der Waals surface area contributed by atoms with Gasteiger partial charge in [0.25, 0.3) is 0 Å². The molecular weight excluding hydrogens is 170 g/mol. The van der Waals surface area contributed by atoms with Gasteiger partial charge in [0.15, 0.2) is 0 Å². The van der Waals surface area contributed by atoms with Crippen LogP contribution >= 0.6 is 0 Å². The van der Waals surface area contributed by atoms with Crippen molar-refractivity contribution in [3.05, 3.63) is 35.9 Å². The van der Waals surface area contributed by atoms with Crippen molar-refractivity contribution in [3.8, 4) is 0 Å². The van der Waals surface area contributed by atoms with Crippen molar-refractivity contribution in [1.29, 1.82) is 0 Å². The Bertz CT molecular complexity index is 268. The number of benzene rings is 1. The van der Waals surface area contributed by atoms with Gasteiger partial charge in [0, 0.05) is 6.04 Å². The topological polar surface area (TPSA) is 12.0 Å².